The normalized spacial score (nSPS) is 10.8. The highest BCUT2D eigenvalue weighted by Crippen LogP contribution is 2.21. The van der Waals surface area contributed by atoms with Crippen molar-refractivity contribution in [3.8, 4) is 0 Å². The molecule has 0 spiro atoms. The van der Waals surface area contributed by atoms with E-state index in [1.54, 1.807) is 0 Å². The number of imidazole rings is 1. The number of hydrogen-bond acceptors (Lipinski definition) is 2. The van der Waals surface area contributed by atoms with Crippen molar-refractivity contribution in [2.75, 3.05) is 5.32 Å². The first-order chi connectivity index (χ1) is 10.1. The van der Waals surface area contributed by atoms with Gasteiger partial charge < -0.3 is 9.72 Å². The number of rotatable bonds is 2. The van der Waals surface area contributed by atoms with Crippen molar-refractivity contribution in [2.24, 2.45) is 0 Å². The maximum Gasteiger partial charge on any atom is 0.276 e. The van der Waals surface area contributed by atoms with Crippen LogP contribution in [-0.2, 0) is 0 Å². The van der Waals surface area contributed by atoms with Gasteiger partial charge in [-0.1, -0.05) is 22.0 Å². The summed E-state index contributed by atoms with van der Waals surface area (Å²) in [5, 5.41) is 2.90. The van der Waals surface area contributed by atoms with Crippen LogP contribution in [0.4, 0.5) is 5.69 Å². The van der Waals surface area contributed by atoms with E-state index in [-0.39, 0.29) is 5.91 Å². The fourth-order valence-electron chi connectivity index (χ4n) is 2.27. The van der Waals surface area contributed by atoms with Gasteiger partial charge in [-0.15, -0.1) is 0 Å². The SMILES string of the molecule is Cc1cc(NC(=O)c2nc(C)n3ccccc23)ccc1Br. The van der Waals surface area contributed by atoms with Gasteiger partial charge in [-0.25, -0.2) is 4.98 Å². The quantitative estimate of drug-likeness (QED) is 0.765. The smallest absolute Gasteiger partial charge is 0.276 e. The summed E-state index contributed by atoms with van der Waals surface area (Å²) >= 11 is 3.45. The molecule has 3 rings (SSSR count). The fourth-order valence-corrected chi connectivity index (χ4v) is 2.52. The summed E-state index contributed by atoms with van der Waals surface area (Å²) in [4.78, 5) is 16.8. The highest BCUT2D eigenvalue weighted by molar-refractivity contribution is 9.10. The topological polar surface area (TPSA) is 46.4 Å². The predicted molar refractivity (Wildman–Crippen MR) is 86.8 cm³/mol. The average Bonchev–Trinajstić information content (AvgIpc) is 2.81. The van der Waals surface area contributed by atoms with Crippen molar-refractivity contribution < 1.29 is 4.79 Å². The zero-order valence-corrected chi connectivity index (χ0v) is 13.3. The highest BCUT2D eigenvalue weighted by atomic mass is 79.9. The number of hydrogen-bond donors (Lipinski definition) is 1. The van der Waals surface area contributed by atoms with Gasteiger partial charge in [0.2, 0.25) is 0 Å². The number of fused-ring (bicyclic) bond motifs is 1. The summed E-state index contributed by atoms with van der Waals surface area (Å²) in [7, 11) is 0. The van der Waals surface area contributed by atoms with Gasteiger partial charge in [0.1, 0.15) is 5.82 Å². The van der Waals surface area contributed by atoms with E-state index in [9.17, 15) is 4.79 Å². The third kappa shape index (κ3) is 2.56. The second-order valence-electron chi connectivity index (χ2n) is 4.88. The Balaban J connectivity index is 1.95. The number of halogens is 1. The van der Waals surface area contributed by atoms with Crippen molar-refractivity contribution in [3.63, 3.8) is 0 Å². The first-order valence-corrected chi connectivity index (χ1v) is 7.37. The molecule has 2 aromatic heterocycles. The van der Waals surface area contributed by atoms with Crippen LogP contribution in [0.15, 0.2) is 47.1 Å². The van der Waals surface area contributed by atoms with E-state index in [1.165, 1.54) is 0 Å². The summed E-state index contributed by atoms with van der Waals surface area (Å²) < 4.78 is 2.92. The Labute approximate surface area is 131 Å². The average molecular weight is 344 g/mol. The van der Waals surface area contributed by atoms with Crippen LogP contribution in [0.1, 0.15) is 21.9 Å². The fraction of sp³-hybridized carbons (Fsp3) is 0.125. The number of aryl methyl sites for hydroxylation is 2. The summed E-state index contributed by atoms with van der Waals surface area (Å²) in [6.45, 7) is 3.86. The molecule has 0 atom stereocenters. The monoisotopic (exact) mass is 343 g/mol. The van der Waals surface area contributed by atoms with Crippen molar-refractivity contribution in [2.45, 2.75) is 13.8 Å². The lowest BCUT2D eigenvalue weighted by Crippen LogP contribution is -2.13. The third-order valence-corrected chi connectivity index (χ3v) is 4.25. The van der Waals surface area contributed by atoms with Gasteiger partial charge in [-0.2, -0.15) is 0 Å². The van der Waals surface area contributed by atoms with Gasteiger partial charge in [0.05, 0.1) is 5.52 Å². The number of benzene rings is 1. The van der Waals surface area contributed by atoms with E-state index < -0.39 is 0 Å². The van der Waals surface area contributed by atoms with Gasteiger partial charge in [-0.05, 0) is 49.7 Å². The molecule has 4 nitrogen and oxygen atoms in total. The van der Waals surface area contributed by atoms with E-state index in [2.05, 4.69) is 26.2 Å². The number of pyridine rings is 1. The molecule has 0 saturated carbocycles. The molecular weight excluding hydrogens is 330 g/mol. The molecule has 0 aliphatic carbocycles. The van der Waals surface area contributed by atoms with Gasteiger partial charge in [0.15, 0.2) is 5.69 Å². The molecule has 0 bridgehead atoms. The molecule has 0 fully saturated rings. The number of carbonyl (C=O) groups excluding carboxylic acids is 1. The molecule has 0 radical (unpaired) electrons. The minimum Gasteiger partial charge on any atom is -0.321 e. The van der Waals surface area contributed by atoms with Gasteiger partial charge in [0, 0.05) is 16.4 Å². The van der Waals surface area contributed by atoms with E-state index in [0.717, 1.165) is 27.1 Å². The highest BCUT2D eigenvalue weighted by Gasteiger charge is 2.15. The minimum absolute atomic E-state index is 0.200. The Morgan fingerprint density at radius 2 is 2.05 bits per heavy atom. The van der Waals surface area contributed by atoms with Crippen LogP contribution in [0.25, 0.3) is 5.52 Å². The van der Waals surface area contributed by atoms with Crippen LogP contribution in [-0.4, -0.2) is 15.3 Å². The molecule has 1 N–H and O–H groups in total. The molecule has 0 aliphatic heterocycles. The summed E-state index contributed by atoms with van der Waals surface area (Å²) in [6.07, 6.45) is 1.90. The van der Waals surface area contributed by atoms with Crippen LogP contribution in [0, 0.1) is 13.8 Å². The Hall–Kier alpha value is -2.14. The predicted octanol–water partition coefficient (Wildman–Crippen LogP) is 3.97. The van der Waals surface area contributed by atoms with Crippen LogP contribution < -0.4 is 5.32 Å². The van der Waals surface area contributed by atoms with E-state index >= 15 is 0 Å². The molecule has 2 heterocycles. The first kappa shape index (κ1) is 13.8. The van der Waals surface area contributed by atoms with Crippen LogP contribution in [0.5, 0.6) is 0 Å². The number of nitrogens with one attached hydrogen (secondary N) is 1. The second kappa shape index (κ2) is 5.33. The molecule has 1 aromatic carbocycles. The molecule has 0 unspecified atom stereocenters. The van der Waals surface area contributed by atoms with Crippen LogP contribution in [0.3, 0.4) is 0 Å². The zero-order chi connectivity index (χ0) is 15.0. The maximum absolute atomic E-state index is 12.4. The van der Waals surface area contributed by atoms with E-state index in [0.29, 0.717) is 5.69 Å². The molecule has 0 aliphatic rings. The van der Waals surface area contributed by atoms with Gasteiger partial charge >= 0.3 is 0 Å². The largest absolute Gasteiger partial charge is 0.321 e. The Bertz CT molecular complexity index is 839. The van der Waals surface area contributed by atoms with Crippen molar-refractivity contribution >= 4 is 33.0 Å². The Morgan fingerprint density at radius 3 is 2.81 bits per heavy atom. The van der Waals surface area contributed by atoms with E-state index in [4.69, 9.17) is 0 Å². The molecule has 21 heavy (non-hydrogen) atoms. The van der Waals surface area contributed by atoms with Gasteiger partial charge in [-0.3, -0.25) is 4.79 Å². The van der Waals surface area contributed by atoms with Crippen molar-refractivity contribution in [1.82, 2.24) is 9.38 Å². The van der Waals surface area contributed by atoms with Crippen LogP contribution >= 0.6 is 15.9 Å². The van der Waals surface area contributed by atoms with Gasteiger partial charge in [0.25, 0.3) is 5.91 Å². The minimum atomic E-state index is -0.200. The molecule has 106 valence electrons. The molecular formula is C16H14BrN3O. The molecule has 3 aromatic rings. The van der Waals surface area contributed by atoms with Crippen molar-refractivity contribution in [1.29, 1.82) is 0 Å². The maximum atomic E-state index is 12.4. The van der Waals surface area contributed by atoms with Crippen LogP contribution in [0.2, 0.25) is 0 Å². The van der Waals surface area contributed by atoms with Crippen molar-refractivity contribution in [3.05, 3.63) is 64.1 Å². The third-order valence-electron chi connectivity index (χ3n) is 3.36. The zero-order valence-electron chi connectivity index (χ0n) is 11.7. The number of amides is 1. The number of anilines is 1. The molecule has 5 heteroatoms. The lowest BCUT2D eigenvalue weighted by Gasteiger charge is -2.06. The first-order valence-electron chi connectivity index (χ1n) is 6.57. The molecule has 1 amide bonds. The lowest BCUT2D eigenvalue weighted by molar-refractivity contribution is 0.102. The molecule has 0 saturated heterocycles. The standard InChI is InChI=1S/C16H14BrN3O/c1-10-9-12(6-7-13(10)17)19-16(21)15-14-5-3-4-8-20(14)11(2)18-15/h3-9H,1-2H3,(H,19,21). The number of carbonyl (C=O) groups is 1. The number of nitrogens with zero attached hydrogens (tertiary/aromatic N) is 2. The lowest BCUT2D eigenvalue weighted by atomic mass is 10.2. The second-order valence-corrected chi connectivity index (χ2v) is 5.74. The van der Waals surface area contributed by atoms with E-state index in [1.807, 2.05) is 60.8 Å². The Morgan fingerprint density at radius 1 is 1.24 bits per heavy atom. The number of aromatic nitrogens is 2. The summed E-state index contributed by atoms with van der Waals surface area (Å²) in [5.41, 5.74) is 3.07. The summed E-state index contributed by atoms with van der Waals surface area (Å²) in [6, 6.07) is 11.4. The summed E-state index contributed by atoms with van der Waals surface area (Å²) in [5.74, 6) is 0.594. The Kier molecular flexibility index (Phi) is 3.51.